The van der Waals surface area contributed by atoms with Gasteiger partial charge in [0.1, 0.15) is 12.2 Å². The zero-order valence-corrected chi connectivity index (χ0v) is 10.00. The zero-order valence-electron chi connectivity index (χ0n) is 10.00. The average Bonchev–Trinajstić information content (AvgIpc) is 3.04. The molecular weight excluding hydrogens is 228 g/mol. The van der Waals surface area contributed by atoms with Gasteiger partial charge in [-0.1, -0.05) is 0 Å². The third kappa shape index (κ3) is 3.38. The Hall–Kier alpha value is -0.690. The van der Waals surface area contributed by atoms with E-state index in [2.05, 4.69) is 4.74 Å². The lowest BCUT2D eigenvalue weighted by Crippen LogP contribution is -2.40. The van der Waals surface area contributed by atoms with E-state index in [-0.39, 0.29) is 24.5 Å². The minimum absolute atomic E-state index is 0.0234. The van der Waals surface area contributed by atoms with E-state index in [0.717, 1.165) is 0 Å². The zero-order chi connectivity index (χ0) is 12.4. The minimum atomic E-state index is -0.667. The molecule has 0 saturated carbocycles. The Morgan fingerprint density at radius 1 is 1.53 bits per heavy atom. The molecule has 2 fully saturated rings. The highest BCUT2D eigenvalue weighted by Crippen LogP contribution is 2.36. The van der Waals surface area contributed by atoms with Crippen LogP contribution in [0.5, 0.6) is 0 Å². The van der Waals surface area contributed by atoms with Crippen molar-refractivity contribution in [2.75, 3.05) is 7.11 Å². The van der Waals surface area contributed by atoms with E-state index in [1.807, 2.05) is 6.92 Å². The third-order valence-corrected chi connectivity index (χ3v) is 2.94. The molecular formula is C11H18O6. The quantitative estimate of drug-likeness (QED) is 0.550. The average molecular weight is 246 g/mol. The summed E-state index contributed by atoms with van der Waals surface area (Å²) in [6.07, 6.45) is -0.336. The first-order valence-corrected chi connectivity index (χ1v) is 5.81. The van der Waals surface area contributed by atoms with Crippen molar-refractivity contribution in [3.05, 3.63) is 0 Å². The van der Waals surface area contributed by atoms with Gasteiger partial charge in [-0.25, -0.2) is 0 Å². The first-order chi connectivity index (χ1) is 8.10. The Kier molecular flexibility index (Phi) is 3.98. The maximum atomic E-state index is 11.0. The lowest BCUT2D eigenvalue weighted by atomic mass is 10.1. The summed E-state index contributed by atoms with van der Waals surface area (Å²) in [5.74, 6) is -0.267. The van der Waals surface area contributed by atoms with E-state index in [4.69, 9.17) is 14.2 Å². The van der Waals surface area contributed by atoms with Crippen LogP contribution < -0.4 is 0 Å². The molecule has 0 aromatic rings. The largest absolute Gasteiger partial charge is 0.469 e. The van der Waals surface area contributed by atoms with E-state index in [1.165, 1.54) is 7.11 Å². The number of fused-ring (bicyclic) bond motifs is 1. The van der Waals surface area contributed by atoms with Crippen molar-refractivity contribution in [3.63, 3.8) is 0 Å². The fourth-order valence-corrected chi connectivity index (χ4v) is 1.83. The maximum absolute atomic E-state index is 11.0. The van der Waals surface area contributed by atoms with E-state index in [1.54, 1.807) is 0 Å². The first-order valence-electron chi connectivity index (χ1n) is 5.81. The summed E-state index contributed by atoms with van der Waals surface area (Å²) in [4.78, 5) is 11.0. The number of hydrogen-bond donors (Lipinski definition) is 1. The van der Waals surface area contributed by atoms with Crippen LogP contribution in [0, 0.1) is 0 Å². The second kappa shape index (κ2) is 5.30. The van der Waals surface area contributed by atoms with Gasteiger partial charge >= 0.3 is 5.97 Å². The van der Waals surface area contributed by atoms with Gasteiger partial charge in [0, 0.05) is 12.8 Å². The van der Waals surface area contributed by atoms with Crippen LogP contribution in [0.3, 0.4) is 0 Å². The van der Waals surface area contributed by atoms with Gasteiger partial charge in [0.15, 0.2) is 12.6 Å². The first kappa shape index (κ1) is 12.8. The molecule has 2 aliphatic rings. The van der Waals surface area contributed by atoms with Gasteiger partial charge < -0.3 is 24.1 Å². The molecule has 6 heteroatoms. The summed E-state index contributed by atoms with van der Waals surface area (Å²) < 4.78 is 20.6. The maximum Gasteiger partial charge on any atom is 0.305 e. The summed E-state index contributed by atoms with van der Waals surface area (Å²) in [5, 5.41) is 9.72. The lowest BCUT2D eigenvalue weighted by molar-refractivity contribution is -0.239. The van der Waals surface area contributed by atoms with Crippen LogP contribution in [0.4, 0.5) is 0 Å². The van der Waals surface area contributed by atoms with Gasteiger partial charge in [-0.3, -0.25) is 4.79 Å². The van der Waals surface area contributed by atoms with Crippen molar-refractivity contribution in [2.24, 2.45) is 0 Å². The van der Waals surface area contributed by atoms with Crippen molar-refractivity contribution >= 4 is 5.97 Å². The van der Waals surface area contributed by atoms with Crippen molar-refractivity contribution in [1.29, 1.82) is 0 Å². The molecule has 0 radical (unpaired) electrons. The van der Waals surface area contributed by atoms with E-state index < -0.39 is 12.4 Å². The van der Waals surface area contributed by atoms with E-state index >= 15 is 0 Å². The van der Waals surface area contributed by atoms with Gasteiger partial charge in [-0.05, 0) is 13.3 Å². The third-order valence-electron chi connectivity index (χ3n) is 2.94. The summed E-state index contributed by atoms with van der Waals surface area (Å²) >= 11 is 0. The van der Waals surface area contributed by atoms with Crippen LogP contribution >= 0.6 is 0 Å². The van der Waals surface area contributed by atoms with Crippen LogP contribution in [0.2, 0.25) is 0 Å². The highest BCUT2D eigenvalue weighted by molar-refractivity contribution is 5.69. The fourth-order valence-electron chi connectivity index (χ4n) is 1.83. The normalized spacial score (nSPS) is 37.1. The molecule has 98 valence electrons. The van der Waals surface area contributed by atoms with Gasteiger partial charge in [0.05, 0.1) is 13.2 Å². The minimum Gasteiger partial charge on any atom is -0.469 e. The number of epoxide rings is 1. The summed E-state index contributed by atoms with van der Waals surface area (Å²) in [7, 11) is 1.35. The van der Waals surface area contributed by atoms with E-state index in [9.17, 15) is 9.90 Å². The van der Waals surface area contributed by atoms with Gasteiger partial charge in [-0.15, -0.1) is 0 Å². The Morgan fingerprint density at radius 3 is 3.00 bits per heavy atom. The van der Waals surface area contributed by atoms with Crippen molar-refractivity contribution in [2.45, 2.75) is 57.1 Å². The van der Waals surface area contributed by atoms with Gasteiger partial charge in [0.2, 0.25) is 0 Å². The van der Waals surface area contributed by atoms with Crippen LogP contribution in [0.15, 0.2) is 0 Å². The van der Waals surface area contributed by atoms with Crippen LogP contribution in [-0.2, 0) is 23.7 Å². The number of esters is 1. The topological polar surface area (TPSA) is 77.5 Å². The Balaban J connectivity index is 1.70. The van der Waals surface area contributed by atoms with Gasteiger partial charge in [0.25, 0.3) is 0 Å². The Labute approximate surface area is 99.8 Å². The number of carbonyl (C=O) groups is 1. The summed E-state index contributed by atoms with van der Waals surface area (Å²) in [6.45, 7) is 1.83. The Morgan fingerprint density at radius 2 is 2.29 bits per heavy atom. The highest BCUT2D eigenvalue weighted by Gasteiger charge is 2.50. The van der Waals surface area contributed by atoms with Gasteiger partial charge in [-0.2, -0.15) is 0 Å². The highest BCUT2D eigenvalue weighted by atomic mass is 16.8. The molecule has 2 heterocycles. The SMILES string of the molecule is COC(=O)CC[C@@H](C)O[C@@H]1OC2O[C@@H]2C[C@@H]1O. The molecule has 0 spiro atoms. The fraction of sp³-hybridized carbons (Fsp3) is 0.909. The molecule has 0 aliphatic carbocycles. The predicted octanol–water partition coefficient (Wildman–Crippen LogP) is 0.177. The second-order valence-electron chi connectivity index (χ2n) is 4.41. The predicted molar refractivity (Wildman–Crippen MR) is 56.0 cm³/mol. The van der Waals surface area contributed by atoms with E-state index in [0.29, 0.717) is 19.3 Å². The smallest absolute Gasteiger partial charge is 0.305 e. The molecule has 2 rings (SSSR count). The molecule has 0 amide bonds. The Bertz CT molecular complexity index is 281. The van der Waals surface area contributed by atoms with Crippen molar-refractivity contribution in [1.82, 2.24) is 0 Å². The molecule has 0 aromatic carbocycles. The molecule has 17 heavy (non-hydrogen) atoms. The summed E-state index contributed by atoms with van der Waals surface area (Å²) in [6, 6.07) is 0. The molecule has 5 atom stereocenters. The van der Waals surface area contributed by atoms with Crippen molar-refractivity contribution < 1.29 is 28.8 Å². The molecule has 0 aromatic heterocycles. The number of methoxy groups -OCH3 is 1. The van der Waals surface area contributed by atoms with Crippen molar-refractivity contribution in [3.8, 4) is 0 Å². The van der Waals surface area contributed by atoms with Crippen LogP contribution in [0.25, 0.3) is 0 Å². The number of aliphatic hydroxyl groups is 1. The number of carbonyl (C=O) groups excluding carboxylic acids is 1. The number of ether oxygens (including phenoxy) is 4. The lowest BCUT2D eigenvalue weighted by Gasteiger charge is -2.28. The molecule has 2 saturated heterocycles. The summed E-state index contributed by atoms with van der Waals surface area (Å²) in [5.41, 5.74) is 0. The number of rotatable bonds is 5. The number of hydrogen-bond acceptors (Lipinski definition) is 6. The van der Waals surface area contributed by atoms with Crippen LogP contribution in [0.1, 0.15) is 26.2 Å². The van der Waals surface area contributed by atoms with Crippen LogP contribution in [-0.4, -0.2) is 49.1 Å². The number of aliphatic hydroxyl groups excluding tert-OH is 1. The molecule has 0 bridgehead atoms. The molecule has 1 N–H and O–H groups in total. The molecule has 2 aliphatic heterocycles. The standard InChI is InChI=1S/C11H18O6/c1-6(3-4-9(13)14-2)15-10-7(12)5-8-11(16-8)17-10/h6-8,10-12H,3-5H2,1-2H3/t6-,7+,8-,10-,11?/m1/s1. The molecule has 6 nitrogen and oxygen atoms in total. The second-order valence-corrected chi connectivity index (χ2v) is 4.41. The monoisotopic (exact) mass is 246 g/mol. The molecule has 1 unspecified atom stereocenters.